The normalized spacial score (nSPS) is 31.3. The van der Waals surface area contributed by atoms with Gasteiger partial charge in [-0.25, -0.2) is 0 Å². The Bertz CT molecular complexity index is 196. The smallest absolute Gasteiger partial charge is 0.0509 e. The van der Waals surface area contributed by atoms with E-state index in [0.717, 1.165) is 38.1 Å². The highest BCUT2D eigenvalue weighted by atomic mass is 16.5. The number of hydrogen-bond donors (Lipinski definition) is 1. The zero-order valence-corrected chi connectivity index (χ0v) is 10.4. The van der Waals surface area contributed by atoms with Crippen molar-refractivity contribution in [2.75, 3.05) is 32.8 Å². The quantitative estimate of drug-likeness (QED) is 0.724. The van der Waals surface area contributed by atoms with Gasteiger partial charge in [-0.05, 0) is 57.7 Å². The number of hydrogen-bond acceptors (Lipinski definition) is 3. The van der Waals surface area contributed by atoms with Gasteiger partial charge in [-0.2, -0.15) is 0 Å². The van der Waals surface area contributed by atoms with Crippen molar-refractivity contribution in [3.05, 3.63) is 0 Å². The topological polar surface area (TPSA) is 38.5 Å². The summed E-state index contributed by atoms with van der Waals surface area (Å²) < 4.78 is 5.76. The van der Waals surface area contributed by atoms with Crippen molar-refractivity contribution in [1.82, 2.24) is 4.90 Å². The highest BCUT2D eigenvalue weighted by molar-refractivity contribution is 4.86. The van der Waals surface area contributed by atoms with Gasteiger partial charge >= 0.3 is 0 Å². The van der Waals surface area contributed by atoms with Gasteiger partial charge in [-0.15, -0.1) is 0 Å². The zero-order valence-electron chi connectivity index (χ0n) is 10.4. The van der Waals surface area contributed by atoms with Crippen molar-refractivity contribution in [2.45, 2.75) is 44.6 Å². The maximum atomic E-state index is 5.76. The average molecular weight is 226 g/mol. The largest absolute Gasteiger partial charge is 0.381 e. The Morgan fingerprint density at radius 3 is 2.88 bits per heavy atom. The highest BCUT2D eigenvalue weighted by Crippen LogP contribution is 2.30. The lowest BCUT2D eigenvalue weighted by molar-refractivity contribution is 0.00390. The van der Waals surface area contributed by atoms with Crippen LogP contribution >= 0.6 is 0 Å². The van der Waals surface area contributed by atoms with Crippen molar-refractivity contribution in [3.63, 3.8) is 0 Å². The van der Waals surface area contributed by atoms with Gasteiger partial charge < -0.3 is 15.4 Å². The van der Waals surface area contributed by atoms with Crippen molar-refractivity contribution >= 4 is 0 Å². The lowest BCUT2D eigenvalue weighted by Gasteiger charge is -2.44. The van der Waals surface area contributed by atoms with E-state index in [1.54, 1.807) is 0 Å². The second-order valence-corrected chi connectivity index (χ2v) is 5.22. The fourth-order valence-corrected chi connectivity index (χ4v) is 3.19. The van der Waals surface area contributed by atoms with Crippen molar-refractivity contribution in [1.29, 1.82) is 0 Å². The van der Waals surface area contributed by atoms with Gasteiger partial charge in [-0.1, -0.05) is 6.42 Å². The van der Waals surface area contributed by atoms with Crippen LogP contribution in [0.15, 0.2) is 0 Å². The summed E-state index contributed by atoms with van der Waals surface area (Å²) in [6, 6.07) is 0.820. The Kier molecular flexibility index (Phi) is 5.07. The Labute approximate surface area is 99.3 Å². The average Bonchev–Trinajstić information content (AvgIpc) is 2.35. The van der Waals surface area contributed by atoms with Crippen LogP contribution in [-0.4, -0.2) is 43.8 Å². The Balaban J connectivity index is 1.74. The molecule has 16 heavy (non-hydrogen) atoms. The molecule has 0 aromatic heterocycles. The van der Waals surface area contributed by atoms with E-state index >= 15 is 0 Å². The van der Waals surface area contributed by atoms with Crippen molar-refractivity contribution in [3.8, 4) is 0 Å². The predicted molar refractivity (Wildman–Crippen MR) is 66.4 cm³/mol. The van der Waals surface area contributed by atoms with E-state index in [1.807, 2.05) is 0 Å². The number of rotatable bonds is 5. The van der Waals surface area contributed by atoms with E-state index in [-0.39, 0.29) is 0 Å². The molecule has 3 heteroatoms. The van der Waals surface area contributed by atoms with Crippen LogP contribution in [0.25, 0.3) is 0 Å². The second kappa shape index (κ2) is 6.58. The molecule has 0 radical (unpaired) electrons. The molecule has 2 saturated heterocycles. The maximum Gasteiger partial charge on any atom is 0.0509 e. The molecule has 2 fully saturated rings. The number of nitrogens with two attached hydrogens (primary N) is 1. The highest BCUT2D eigenvalue weighted by Gasteiger charge is 2.32. The fraction of sp³-hybridized carbons (Fsp3) is 1.00. The number of fused-ring (bicyclic) bond motifs is 1. The molecule has 3 nitrogen and oxygen atoms in total. The first-order valence-electron chi connectivity index (χ1n) is 6.93. The van der Waals surface area contributed by atoms with Crippen molar-refractivity contribution < 1.29 is 4.74 Å². The molecular formula is C13H26N2O. The summed E-state index contributed by atoms with van der Waals surface area (Å²) in [5.41, 5.74) is 5.47. The molecule has 0 aliphatic carbocycles. The van der Waals surface area contributed by atoms with Crippen LogP contribution in [0.2, 0.25) is 0 Å². The van der Waals surface area contributed by atoms with E-state index < -0.39 is 0 Å². The zero-order chi connectivity index (χ0) is 11.2. The summed E-state index contributed by atoms with van der Waals surface area (Å²) in [5.74, 6) is 0.784. The molecule has 2 rings (SSSR count). The summed E-state index contributed by atoms with van der Waals surface area (Å²) in [7, 11) is 0. The summed E-state index contributed by atoms with van der Waals surface area (Å²) in [4.78, 5) is 2.70. The molecule has 0 bridgehead atoms. The van der Waals surface area contributed by atoms with E-state index in [2.05, 4.69) is 4.90 Å². The molecule has 2 heterocycles. The van der Waals surface area contributed by atoms with E-state index in [9.17, 15) is 0 Å². The van der Waals surface area contributed by atoms with Gasteiger partial charge in [0.05, 0.1) is 6.61 Å². The van der Waals surface area contributed by atoms with Gasteiger partial charge in [0, 0.05) is 12.6 Å². The van der Waals surface area contributed by atoms with E-state index in [1.165, 1.54) is 45.2 Å². The first kappa shape index (κ1) is 12.3. The summed E-state index contributed by atoms with van der Waals surface area (Å²) >= 11 is 0. The Morgan fingerprint density at radius 1 is 1.12 bits per heavy atom. The maximum absolute atomic E-state index is 5.76. The number of nitrogens with zero attached hydrogens (tertiary/aromatic N) is 1. The summed E-state index contributed by atoms with van der Waals surface area (Å²) in [5, 5.41) is 0. The fourth-order valence-electron chi connectivity index (χ4n) is 3.19. The van der Waals surface area contributed by atoms with Crippen LogP contribution in [-0.2, 0) is 4.74 Å². The lowest BCUT2D eigenvalue weighted by atomic mass is 9.84. The standard InChI is InChI=1S/C13H26N2O/c14-7-4-10-16-11-12-5-3-9-15-8-2-1-6-13(12)15/h12-13H,1-11,14H2/t12-,13+/m1/s1. The van der Waals surface area contributed by atoms with E-state index in [4.69, 9.17) is 10.5 Å². The number of piperidine rings is 2. The molecule has 0 amide bonds. The molecule has 2 aliphatic heterocycles. The minimum atomic E-state index is 0.750. The second-order valence-electron chi connectivity index (χ2n) is 5.22. The third kappa shape index (κ3) is 3.19. The minimum absolute atomic E-state index is 0.750. The van der Waals surface area contributed by atoms with Gasteiger partial charge in [0.25, 0.3) is 0 Å². The summed E-state index contributed by atoms with van der Waals surface area (Å²) in [6.07, 6.45) is 7.94. The summed E-state index contributed by atoms with van der Waals surface area (Å²) in [6.45, 7) is 5.20. The minimum Gasteiger partial charge on any atom is -0.381 e. The third-order valence-corrected chi connectivity index (χ3v) is 4.05. The monoisotopic (exact) mass is 226 g/mol. The van der Waals surface area contributed by atoms with Crippen LogP contribution in [0.1, 0.15) is 38.5 Å². The molecule has 0 aromatic rings. The third-order valence-electron chi connectivity index (χ3n) is 4.05. The molecule has 94 valence electrons. The first-order valence-corrected chi connectivity index (χ1v) is 6.93. The molecular weight excluding hydrogens is 200 g/mol. The van der Waals surface area contributed by atoms with Crippen molar-refractivity contribution in [2.24, 2.45) is 11.7 Å². The van der Waals surface area contributed by atoms with Crippen LogP contribution < -0.4 is 5.73 Å². The lowest BCUT2D eigenvalue weighted by Crippen LogP contribution is -2.49. The van der Waals surface area contributed by atoms with E-state index in [0.29, 0.717) is 0 Å². The Hall–Kier alpha value is -0.120. The molecule has 2 atom stereocenters. The van der Waals surface area contributed by atoms with Gasteiger partial charge in [0.2, 0.25) is 0 Å². The molecule has 2 N–H and O–H groups in total. The molecule has 0 saturated carbocycles. The molecule has 0 unspecified atom stereocenters. The van der Waals surface area contributed by atoms with Crippen LogP contribution in [0.5, 0.6) is 0 Å². The number of ether oxygens (including phenoxy) is 1. The van der Waals surface area contributed by atoms with Crippen LogP contribution in [0, 0.1) is 5.92 Å². The van der Waals surface area contributed by atoms with Crippen LogP contribution in [0.3, 0.4) is 0 Å². The molecule has 0 aromatic carbocycles. The SMILES string of the molecule is NCCCOC[C@H]1CCCN2CCCC[C@@H]12. The first-order chi connectivity index (χ1) is 7.92. The molecule has 0 spiro atoms. The van der Waals surface area contributed by atoms with Gasteiger partial charge in [0.1, 0.15) is 0 Å². The van der Waals surface area contributed by atoms with Crippen LogP contribution in [0.4, 0.5) is 0 Å². The van der Waals surface area contributed by atoms with Gasteiger partial charge in [0.15, 0.2) is 0 Å². The molecule has 2 aliphatic rings. The Morgan fingerprint density at radius 2 is 2.00 bits per heavy atom. The van der Waals surface area contributed by atoms with Gasteiger partial charge in [-0.3, -0.25) is 0 Å². The predicted octanol–water partition coefficient (Wildman–Crippen LogP) is 1.62.